The Kier molecular flexibility index (Phi) is 8.19. The van der Waals surface area contributed by atoms with Gasteiger partial charge in [-0.1, -0.05) is 0 Å². The topological polar surface area (TPSA) is 0 Å². The van der Waals surface area contributed by atoms with Gasteiger partial charge in [0.1, 0.15) is 0 Å². The first-order valence-corrected chi connectivity index (χ1v) is 27.4. The van der Waals surface area contributed by atoms with Gasteiger partial charge >= 0.3 is 178 Å². The average Bonchev–Trinajstić information content (AvgIpc) is 2.90. The Morgan fingerprint density at radius 2 is 1.07 bits per heavy atom. The molecule has 0 saturated carbocycles. The van der Waals surface area contributed by atoms with Crippen molar-refractivity contribution in [2.45, 2.75) is 79.8 Å². The molecule has 1 aliphatic rings. The van der Waals surface area contributed by atoms with E-state index in [0.717, 1.165) is 0 Å². The van der Waals surface area contributed by atoms with E-state index >= 15 is 0 Å². The van der Waals surface area contributed by atoms with Crippen LogP contribution in [-0.4, -0.2) is 24.2 Å². The van der Waals surface area contributed by atoms with Crippen molar-refractivity contribution in [3.63, 3.8) is 0 Å². The standard InChI is InChI=1S/C20H35Si3.3CH3.Pt/c1-10-15-21(4,5)18-13-14-19(22(6,7)16-11-2)20(18)23(8,9)17-12-3;;;;/h10-12H,1-3,13,15-17H2,4-9H3;3*1H3;. The zero-order chi connectivity index (χ0) is 21.3. The van der Waals surface area contributed by atoms with Gasteiger partial charge in [-0.2, -0.15) is 0 Å². The Morgan fingerprint density at radius 3 is 1.44 bits per heavy atom. The van der Waals surface area contributed by atoms with E-state index in [0.29, 0.717) is 0 Å². The molecule has 0 amide bonds. The summed E-state index contributed by atoms with van der Waals surface area (Å²) in [7, 11) is -4.59. The second-order valence-corrected chi connectivity index (χ2v) is 36.1. The number of hydrogen-bond donors (Lipinski definition) is 0. The minimum atomic E-state index is -1.86. The molecule has 0 aromatic heterocycles. The van der Waals surface area contributed by atoms with Crippen LogP contribution in [0.4, 0.5) is 0 Å². The fraction of sp³-hybridized carbons (Fsp3) is 0.565. The Morgan fingerprint density at radius 1 is 0.704 bits per heavy atom. The maximum absolute atomic E-state index is 4.13. The van der Waals surface area contributed by atoms with Crippen molar-refractivity contribution >= 4 is 24.2 Å². The summed E-state index contributed by atoms with van der Waals surface area (Å²) < 4.78 is 1.92. The van der Waals surface area contributed by atoms with Crippen LogP contribution in [0.5, 0.6) is 0 Å². The first kappa shape index (κ1) is 25.1. The average molecular weight is 600 g/mol. The van der Waals surface area contributed by atoms with Crippen LogP contribution in [-0.2, 0) is 16.1 Å². The van der Waals surface area contributed by atoms with Gasteiger partial charge in [0, 0.05) is 0 Å². The van der Waals surface area contributed by atoms with Gasteiger partial charge in [-0.05, 0) is 0 Å². The zero-order valence-corrected chi connectivity index (χ0v) is 24.8. The Labute approximate surface area is 176 Å². The molecule has 0 nitrogen and oxygen atoms in total. The van der Waals surface area contributed by atoms with Crippen molar-refractivity contribution in [3.8, 4) is 0 Å². The van der Waals surface area contributed by atoms with Gasteiger partial charge in [-0.3, -0.25) is 0 Å². The fourth-order valence-electron chi connectivity index (χ4n) is 4.42. The molecule has 0 aromatic carbocycles. The molecule has 0 bridgehead atoms. The quantitative estimate of drug-likeness (QED) is 0.174. The van der Waals surface area contributed by atoms with E-state index in [4.69, 9.17) is 0 Å². The molecule has 158 valence electrons. The predicted octanol–water partition coefficient (Wildman–Crippen LogP) is 8.54. The first-order chi connectivity index (χ1) is 12.2. The summed E-state index contributed by atoms with van der Waals surface area (Å²) in [6.07, 6.45) is 7.85. The molecule has 0 saturated heterocycles. The number of allylic oxidation sites excluding steroid dienone is 7. The molecular weight excluding hydrogens is 556 g/mol. The van der Waals surface area contributed by atoms with Crippen LogP contribution in [0.1, 0.15) is 6.42 Å². The van der Waals surface area contributed by atoms with Crippen molar-refractivity contribution in [1.82, 2.24) is 0 Å². The molecule has 0 spiro atoms. The molecule has 0 unspecified atom stereocenters. The van der Waals surface area contributed by atoms with Gasteiger partial charge in [-0.25, -0.2) is 0 Å². The van der Waals surface area contributed by atoms with Crippen LogP contribution in [0.15, 0.2) is 57.5 Å². The first-order valence-electron chi connectivity index (χ1n) is 9.82. The Hall–Kier alpha value is 0.0390. The third-order valence-corrected chi connectivity index (χ3v) is 21.7. The van der Waals surface area contributed by atoms with Crippen LogP contribution in [0.25, 0.3) is 0 Å². The normalized spacial score (nSPS) is 17.4. The van der Waals surface area contributed by atoms with E-state index in [9.17, 15) is 0 Å². The van der Waals surface area contributed by atoms with Crippen LogP contribution >= 0.6 is 0 Å². The van der Waals surface area contributed by atoms with Gasteiger partial charge in [0.2, 0.25) is 0 Å². The van der Waals surface area contributed by atoms with Crippen LogP contribution in [0.2, 0.25) is 73.4 Å². The molecule has 0 atom stereocenters. The van der Waals surface area contributed by atoms with E-state index in [1.165, 1.54) is 24.6 Å². The van der Waals surface area contributed by atoms with Crippen molar-refractivity contribution in [2.75, 3.05) is 0 Å². The van der Waals surface area contributed by atoms with Gasteiger partial charge in [0.25, 0.3) is 0 Å². The molecule has 0 N–H and O–H groups in total. The summed E-state index contributed by atoms with van der Waals surface area (Å²) >= 11 is -1.86. The third kappa shape index (κ3) is 5.56. The second kappa shape index (κ2) is 8.81. The predicted molar refractivity (Wildman–Crippen MR) is 134 cm³/mol. The summed E-state index contributed by atoms with van der Waals surface area (Å²) in [4.78, 5) is 0. The molecule has 1 aliphatic carbocycles. The number of hydrogen-bond acceptors (Lipinski definition) is 0. The van der Waals surface area contributed by atoms with E-state index in [2.05, 4.69) is 93.2 Å². The third-order valence-electron chi connectivity index (χ3n) is 5.84. The molecule has 0 radical (unpaired) electrons. The molecular formula is C23H44PtSi3. The van der Waals surface area contributed by atoms with Crippen LogP contribution in [0.3, 0.4) is 0 Å². The van der Waals surface area contributed by atoms with E-state index in [1.807, 2.05) is 19.6 Å². The molecule has 4 heteroatoms. The zero-order valence-electron chi connectivity index (χ0n) is 19.5. The summed E-state index contributed by atoms with van der Waals surface area (Å²) in [5.41, 5.74) is 0. The molecule has 1 rings (SSSR count). The summed E-state index contributed by atoms with van der Waals surface area (Å²) in [6, 6.07) is 3.59. The molecule has 0 aliphatic heterocycles. The molecule has 0 fully saturated rings. The maximum atomic E-state index is 4.13. The fourth-order valence-corrected chi connectivity index (χ4v) is 24.7. The van der Waals surface area contributed by atoms with Gasteiger partial charge < -0.3 is 0 Å². The van der Waals surface area contributed by atoms with Crippen molar-refractivity contribution in [1.29, 1.82) is 0 Å². The van der Waals surface area contributed by atoms with Crippen LogP contribution < -0.4 is 0 Å². The summed E-state index contributed by atoms with van der Waals surface area (Å²) in [6.45, 7) is 27.9. The number of rotatable bonds is 10. The van der Waals surface area contributed by atoms with E-state index in [-0.39, 0.29) is 0 Å². The Balaban J connectivity index is 3.91. The van der Waals surface area contributed by atoms with Gasteiger partial charge in [-0.15, -0.1) is 0 Å². The molecule has 0 heterocycles. The Bertz CT molecular complexity index is 670. The SMILES string of the molecule is C=CC[Si](C)(C)C1=C([Si](C)(C)CC=C)C([Si](C)(C)CC=C)=[C]([Pt]([CH3])([CH3])[CH3])C1. The van der Waals surface area contributed by atoms with Crippen molar-refractivity contribution < 1.29 is 16.1 Å². The summed E-state index contributed by atoms with van der Waals surface area (Å²) in [5.74, 6) is 0. The summed E-state index contributed by atoms with van der Waals surface area (Å²) in [5, 5.41) is 13.5. The van der Waals surface area contributed by atoms with E-state index in [1.54, 1.807) is 0 Å². The van der Waals surface area contributed by atoms with Crippen molar-refractivity contribution in [3.05, 3.63) is 57.5 Å². The molecule has 27 heavy (non-hydrogen) atoms. The minimum absolute atomic E-state index is 1.19. The van der Waals surface area contributed by atoms with Gasteiger partial charge in [0.05, 0.1) is 0 Å². The van der Waals surface area contributed by atoms with Crippen molar-refractivity contribution in [2.24, 2.45) is 0 Å². The monoisotopic (exact) mass is 599 g/mol. The second-order valence-electron chi connectivity index (χ2n) is 10.3. The molecule has 0 aromatic rings. The van der Waals surface area contributed by atoms with E-state index < -0.39 is 40.3 Å². The van der Waals surface area contributed by atoms with Gasteiger partial charge in [0.15, 0.2) is 0 Å². The van der Waals surface area contributed by atoms with Crippen LogP contribution in [0, 0.1) is 0 Å².